The van der Waals surface area contributed by atoms with Gasteiger partial charge in [0.25, 0.3) is 0 Å². The normalized spacial score (nSPS) is 15.4. The molecule has 2 heterocycles. The fourth-order valence-electron chi connectivity index (χ4n) is 2.84. The summed E-state index contributed by atoms with van der Waals surface area (Å²) in [4.78, 5) is 23.2. The fraction of sp³-hybridized carbons (Fsp3) is 0.722. The van der Waals surface area contributed by atoms with Gasteiger partial charge < -0.3 is 15.5 Å². The maximum Gasteiger partial charge on any atom is 0.222 e. The van der Waals surface area contributed by atoms with Gasteiger partial charge in [0, 0.05) is 38.0 Å². The molecule has 148 valence electrons. The fourth-order valence-corrected chi connectivity index (χ4v) is 3.57. The summed E-state index contributed by atoms with van der Waals surface area (Å²) in [7, 11) is 0. The third-order valence-corrected chi connectivity index (χ3v) is 5.26. The summed E-state index contributed by atoms with van der Waals surface area (Å²) in [5.41, 5.74) is 1.02. The number of guanidine groups is 1. The van der Waals surface area contributed by atoms with Crippen LogP contribution >= 0.6 is 35.3 Å². The Morgan fingerprint density at radius 1 is 1.31 bits per heavy atom. The van der Waals surface area contributed by atoms with Gasteiger partial charge in [0.15, 0.2) is 5.96 Å². The minimum absolute atomic E-state index is 0. The van der Waals surface area contributed by atoms with Gasteiger partial charge in [0.1, 0.15) is 0 Å². The Balaban J connectivity index is 0.00000338. The van der Waals surface area contributed by atoms with Gasteiger partial charge in [0.2, 0.25) is 5.91 Å². The van der Waals surface area contributed by atoms with Crippen LogP contribution in [0.4, 0.5) is 0 Å². The lowest BCUT2D eigenvalue weighted by molar-refractivity contribution is -0.130. The number of nitrogens with zero attached hydrogens (tertiary/aromatic N) is 3. The molecule has 0 aromatic carbocycles. The van der Waals surface area contributed by atoms with Crippen LogP contribution in [0.2, 0.25) is 0 Å². The first-order valence-corrected chi connectivity index (χ1v) is 10.3. The van der Waals surface area contributed by atoms with Gasteiger partial charge in [-0.05, 0) is 32.6 Å². The number of hydrogen-bond acceptors (Lipinski definition) is 4. The van der Waals surface area contributed by atoms with Gasteiger partial charge in [-0.15, -0.1) is 35.3 Å². The topological polar surface area (TPSA) is 69.6 Å². The van der Waals surface area contributed by atoms with Crippen molar-refractivity contribution < 1.29 is 4.79 Å². The van der Waals surface area contributed by atoms with E-state index in [0.29, 0.717) is 18.9 Å². The highest BCUT2D eigenvalue weighted by Crippen LogP contribution is 2.12. The second-order valence-corrected chi connectivity index (χ2v) is 7.20. The molecule has 0 radical (unpaired) electrons. The van der Waals surface area contributed by atoms with Crippen molar-refractivity contribution in [1.29, 1.82) is 0 Å². The standard InChI is InChI=1S/C18H31N5OS.HI/c1-3-16-22-15(14-25-16)13-21-18(19-4-2)20-10-8-12-23-11-7-5-6-9-17(23)24;/h14H,3-13H2,1-2H3,(H2,19,20,21);1H. The predicted molar refractivity (Wildman–Crippen MR) is 119 cm³/mol. The maximum absolute atomic E-state index is 12.0. The van der Waals surface area contributed by atoms with Crippen molar-refractivity contribution in [3.05, 3.63) is 16.1 Å². The Morgan fingerprint density at radius 3 is 2.88 bits per heavy atom. The molecule has 26 heavy (non-hydrogen) atoms. The lowest BCUT2D eigenvalue weighted by Crippen LogP contribution is -2.39. The molecule has 0 bridgehead atoms. The second kappa shape index (κ2) is 13.3. The Morgan fingerprint density at radius 2 is 2.15 bits per heavy atom. The van der Waals surface area contributed by atoms with Crippen molar-refractivity contribution in [1.82, 2.24) is 20.5 Å². The van der Waals surface area contributed by atoms with E-state index in [1.165, 1.54) is 6.42 Å². The molecular formula is C18H32IN5OS. The summed E-state index contributed by atoms with van der Waals surface area (Å²) in [5.74, 6) is 1.13. The number of rotatable bonds is 8. The van der Waals surface area contributed by atoms with E-state index < -0.39 is 0 Å². The number of aryl methyl sites for hydroxylation is 1. The van der Waals surface area contributed by atoms with Gasteiger partial charge in [-0.1, -0.05) is 13.3 Å². The molecule has 2 rings (SSSR count). The zero-order valence-electron chi connectivity index (χ0n) is 15.9. The van der Waals surface area contributed by atoms with Crippen LogP contribution in [0.15, 0.2) is 10.4 Å². The van der Waals surface area contributed by atoms with Crippen molar-refractivity contribution >= 4 is 47.2 Å². The smallest absolute Gasteiger partial charge is 0.222 e. The van der Waals surface area contributed by atoms with E-state index in [-0.39, 0.29) is 24.0 Å². The van der Waals surface area contributed by atoms with Crippen LogP contribution in [0.25, 0.3) is 0 Å². The van der Waals surface area contributed by atoms with Crippen LogP contribution in [0.1, 0.15) is 56.7 Å². The van der Waals surface area contributed by atoms with Crippen molar-refractivity contribution in [2.24, 2.45) is 4.99 Å². The van der Waals surface area contributed by atoms with Gasteiger partial charge in [-0.2, -0.15) is 0 Å². The summed E-state index contributed by atoms with van der Waals surface area (Å²) in [6, 6.07) is 0. The van der Waals surface area contributed by atoms with Crippen molar-refractivity contribution in [2.45, 2.75) is 58.9 Å². The van der Waals surface area contributed by atoms with Crippen LogP contribution in [-0.4, -0.2) is 47.9 Å². The van der Waals surface area contributed by atoms with Crippen LogP contribution in [-0.2, 0) is 17.8 Å². The zero-order chi connectivity index (χ0) is 17.9. The van der Waals surface area contributed by atoms with E-state index in [1.54, 1.807) is 11.3 Å². The van der Waals surface area contributed by atoms with Crippen LogP contribution in [0, 0.1) is 0 Å². The number of aromatic nitrogens is 1. The number of hydrogen-bond donors (Lipinski definition) is 2. The van der Waals surface area contributed by atoms with Gasteiger partial charge in [-0.25, -0.2) is 9.98 Å². The van der Waals surface area contributed by atoms with E-state index in [4.69, 9.17) is 0 Å². The summed E-state index contributed by atoms with van der Waals surface area (Å²) < 4.78 is 0. The molecule has 2 N–H and O–H groups in total. The number of amides is 1. The highest BCUT2D eigenvalue weighted by Gasteiger charge is 2.15. The molecule has 8 heteroatoms. The van der Waals surface area contributed by atoms with E-state index in [9.17, 15) is 4.79 Å². The quantitative estimate of drug-likeness (QED) is 0.253. The average Bonchev–Trinajstić information content (AvgIpc) is 2.99. The number of nitrogens with one attached hydrogen (secondary N) is 2. The SMILES string of the molecule is CCNC(=NCc1csc(CC)n1)NCCCN1CCCCCC1=O.I. The van der Waals surface area contributed by atoms with Crippen LogP contribution < -0.4 is 10.6 Å². The molecule has 0 saturated carbocycles. The minimum Gasteiger partial charge on any atom is -0.357 e. The third kappa shape index (κ3) is 8.20. The Bertz CT molecular complexity index is 564. The molecule has 1 aromatic rings. The highest BCUT2D eigenvalue weighted by atomic mass is 127. The summed E-state index contributed by atoms with van der Waals surface area (Å²) in [6.07, 6.45) is 5.98. The average molecular weight is 493 g/mol. The van der Waals surface area contributed by atoms with E-state index in [2.05, 4.69) is 39.8 Å². The lowest BCUT2D eigenvalue weighted by Gasteiger charge is -2.20. The molecule has 1 saturated heterocycles. The molecular weight excluding hydrogens is 461 g/mol. The van der Waals surface area contributed by atoms with Crippen molar-refractivity contribution in [3.8, 4) is 0 Å². The first-order valence-electron chi connectivity index (χ1n) is 9.46. The molecule has 1 fully saturated rings. The summed E-state index contributed by atoms with van der Waals surface area (Å²) in [6.45, 7) is 8.16. The molecule has 0 spiro atoms. The first-order chi connectivity index (χ1) is 12.2. The Kier molecular flexibility index (Phi) is 11.8. The number of thiazole rings is 1. The third-order valence-electron chi connectivity index (χ3n) is 4.21. The number of halogens is 1. The molecule has 1 aliphatic heterocycles. The maximum atomic E-state index is 12.0. The van der Waals surface area contributed by atoms with Crippen LogP contribution in [0.3, 0.4) is 0 Å². The Hall–Kier alpha value is -0.900. The summed E-state index contributed by atoms with van der Waals surface area (Å²) in [5, 5.41) is 9.86. The molecule has 6 nitrogen and oxygen atoms in total. The Labute approximate surface area is 178 Å². The highest BCUT2D eigenvalue weighted by molar-refractivity contribution is 14.0. The number of carbonyl (C=O) groups excluding carboxylic acids is 1. The molecule has 0 aliphatic carbocycles. The minimum atomic E-state index is 0. The number of carbonyl (C=O) groups is 1. The lowest BCUT2D eigenvalue weighted by atomic mass is 10.2. The first kappa shape index (κ1) is 23.1. The molecule has 0 atom stereocenters. The van der Waals surface area contributed by atoms with Crippen molar-refractivity contribution in [2.75, 3.05) is 26.2 Å². The monoisotopic (exact) mass is 493 g/mol. The molecule has 1 amide bonds. The van der Waals surface area contributed by atoms with Crippen LogP contribution in [0.5, 0.6) is 0 Å². The van der Waals surface area contributed by atoms with Gasteiger partial charge in [0.05, 0.1) is 17.2 Å². The largest absolute Gasteiger partial charge is 0.357 e. The zero-order valence-corrected chi connectivity index (χ0v) is 19.1. The van der Waals surface area contributed by atoms with E-state index >= 15 is 0 Å². The van der Waals surface area contributed by atoms with E-state index in [0.717, 1.165) is 68.5 Å². The number of likely N-dealkylation sites (tertiary alicyclic amines) is 1. The number of aliphatic imine (C=N–C) groups is 1. The van der Waals surface area contributed by atoms with Gasteiger partial charge >= 0.3 is 0 Å². The molecule has 1 aliphatic rings. The van der Waals surface area contributed by atoms with E-state index in [1.807, 2.05) is 4.90 Å². The predicted octanol–water partition coefficient (Wildman–Crippen LogP) is 3.17. The van der Waals surface area contributed by atoms with Crippen molar-refractivity contribution in [3.63, 3.8) is 0 Å². The summed E-state index contributed by atoms with van der Waals surface area (Å²) >= 11 is 1.70. The van der Waals surface area contributed by atoms with Gasteiger partial charge in [-0.3, -0.25) is 4.79 Å². The second-order valence-electron chi connectivity index (χ2n) is 6.25. The molecule has 0 unspecified atom stereocenters. The molecule has 1 aromatic heterocycles.